The lowest BCUT2D eigenvalue weighted by Crippen LogP contribution is -2.14. The Labute approximate surface area is 165 Å². The first-order chi connectivity index (χ1) is 13.8. The number of amides is 1. The van der Waals surface area contributed by atoms with Gasteiger partial charge in [-0.1, -0.05) is 24.3 Å². The number of alkyl halides is 3. The molecule has 4 rings (SSSR count). The van der Waals surface area contributed by atoms with Gasteiger partial charge in [-0.2, -0.15) is 13.2 Å². The number of pyridine rings is 1. The van der Waals surface area contributed by atoms with E-state index < -0.39 is 23.1 Å². The Bertz CT molecular complexity index is 1260. The highest BCUT2D eigenvalue weighted by Crippen LogP contribution is 2.36. The van der Waals surface area contributed by atoms with Crippen LogP contribution in [0.15, 0.2) is 64.2 Å². The number of hydrogen-bond donors (Lipinski definition) is 2. The summed E-state index contributed by atoms with van der Waals surface area (Å²) in [7, 11) is 0. The zero-order valence-electron chi connectivity index (χ0n) is 14.6. The van der Waals surface area contributed by atoms with Gasteiger partial charge in [0.1, 0.15) is 5.69 Å². The van der Waals surface area contributed by atoms with Crippen LogP contribution in [0.3, 0.4) is 0 Å². The fourth-order valence-electron chi connectivity index (χ4n) is 3.00. The Hall–Kier alpha value is -3.46. The fraction of sp³-hybridized carbons (Fsp3) is 0.0500. The van der Waals surface area contributed by atoms with E-state index in [1.807, 2.05) is 0 Å². The molecular formula is C20H12F3N3O2S. The third-order valence-corrected chi connectivity index (χ3v) is 4.89. The van der Waals surface area contributed by atoms with Crippen molar-refractivity contribution in [3.8, 4) is 11.3 Å². The molecule has 2 aromatic heterocycles. The maximum absolute atomic E-state index is 13.4. The number of thiazole rings is 1. The van der Waals surface area contributed by atoms with Crippen molar-refractivity contribution < 1.29 is 18.0 Å². The molecule has 1 amide bonds. The Morgan fingerprint density at radius 2 is 1.90 bits per heavy atom. The predicted molar refractivity (Wildman–Crippen MR) is 105 cm³/mol. The number of aromatic amines is 1. The van der Waals surface area contributed by atoms with Crippen LogP contribution in [0.4, 0.5) is 18.9 Å². The quantitative estimate of drug-likeness (QED) is 0.499. The molecule has 0 unspecified atom stereocenters. The van der Waals surface area contributed by atoms with Gasteiger partial charge in [-0.05, 0) is 18.2 Å². The van der Waals surface area contributed by atoms with Gasteiger partial charge >= 0.3 is 6.18 Å². The first kappa shape index (κ1) is 18.9. The minimum absolute atomic E-state index is 0.00535. The van der Waals surface area contributed by atoms with Gasteiger partial charge in [-0.25, -0.2) is 4.98 Å². The minimum atomic E-state index is -4.58. The number of para-hydroxylation sites is 1. The second kappa shape index (κ2) is 7.17. The van der Waals surface area contributed by atoms with Crippen LogP contribution >= 0.6 is 11.3 Å². The van der Waals surface area contributed by atoms with E-state index in [1.54, 1.807) is 17.5 Å². The number of nitrogens with one attached hydrogen (secondary N) is 2. The average molecular weight is 415 g/mol. The Morgan fingerprint density at radius 3 is 2.62 bits per heavy atom. The molecule has 4 aromatic rings. The number of hydrogen-bond acceptors (Lipinski definition) is 4. The number of benzene rings is 2. The molecule has 5 nitrogen and oxygen atoms in total. The molecule has 2 N–H and O–H groups in total. The molecule has 0 aliphatic carbocycles. The van der Waals surface area contributed by atoms with E-state index in [1.165, 1.54) is 41.1 Å². The van der Waals surface area contributed by atoms with E-state index in [0.29, 0.717) is 0 Å². The molecule has 146 valence electrons. The van der Waals surface area contributed by atoms with Gasteiger partial charge in [0.05, 0.1) is 28.0 Å². The normalized spacial score (nSPS) is 11.6. The average Bonchev–Trinajstić information content (AvgIpc) is 3.23. The molecular weight excluding hydrogens is 403 g/mol. The van der Waals surface area contributed by atoms with E-state index in [9.17, 15) is 22.8 Å². The molecule has 0 fully saturated rings. The molecule has 0 bridgehead atoms. The van der Waals surface area contributed by atoms with Gasteiger partial charge in [0.2, 0.25) is 0 Å². The summed E-state index contributed by atoms with van der Waals surface area (Å²) in [6.07, 6.45) is -4.58. The van der Waals surface area contributed by atoms with Crippen LogP contribution in [0.2, 0.25) is 0 Å². The van der Waals surface area contributed by atoms with Gasteiger partial charge in [0.15, 0.2) is 5.43 Å². The van der Waals surface area contributed by atoms with Crippen molar-refractivity contribution >= 4 is 33.8 Å². The largest absolute Gasteiger partial charge is 0.417 e. The van der Waals surface area contributed by atoms with E-state index in [0.717, 1.165) is 12.1 Å². The van der Waals surface area contributed by atoms with Crippen molar-refractivity contribution in [2.24, 2.45) is 0 Å². The van der Waals surface area contributed by atoms with Gasteiger partial charge in [-0.15, -0.1) is 11.3 Å². The molecule has 2 heterocycles. The third kappa shape index (κ3) is 3.64. The van der Waals surface area contributed by atoms with Crippen LogP contribution < -0.4 is 10.7 Å². The van der Waals surface area contributed by atoms with Crippen molar-refractivity contribution in [3.63, 3.8) is 0 Å². The number of aromatic nitrogens is 2. The fourth-order valence-corrected chi connectivity index (χ4v) is 3.53. The lowest BCUT2D eigenvalue weighted by atomic mass is 10.0. The lowest BCUT2D eigenvalue weighted by Gasteiger charge is -2.14. The van der Waals surface area contributed by atoms with Crippen molar-refractivity contribution in [1.29, 1.82) is 0 Å². The maximum atomic E-state index is 13.4. The van der Waals surface area contributed by atoms with Crippen molar-refractivity contribution in [1.82, 2.24) is 9.97 Å². The van der Waals surface area contributed by atoms with Crippen LogP contribution in [0.25, 0.3) is 22.2 Å². The summed E-state index contributed by atoms with van der Waals surface area (Å²) < 4.78 is 40.2. The second-order valence-electron chi connectivity index (χ2n) is 6.15. The van der Waals surface area contributed by atoms with Crippen LogP contribution in [0, 0.1) is 0 Å². The van der Waals surface area contributed by atoms with E-state index in [4.69, 9.17) is 0 Å². The van der Waals surface area contributed by atoms with Crippen molar-refractivity contribution in [2.45, 2.75) is 6.18 Å². The van der Waals surface area contributed by atoms with Crippen LogP contribution in [-0.2, 0) is 6.18 Å². The number of anilines is 1. The summed E-state index contributed by atoms with van der Waals surface area (Å²) in [6.45, 7) is 0. The standard InChI is InChI=1S/C20H12F3N3O2S/c21-20(22,23)13-6-2-1-4-11(13)15-8-17(27)12-5-3-7-14(18(12)25-15)26-19(28)16-9-29-10-24-16/h1-10H,(H,25,27)(H,26,28). The van der Waals surface area contributed by atoms with Crippen LogP contribution in [0.5, 0.6) is 0 Å². The monoisotopic (exact) mass is 415 g/mol. The Morgan fingerprint density at radius 1 is 1.10 bits per heavy atom. The summed E-state index contributed by atoms with van der Waals surface area (Å²) in [5.41, 5.74) is 0.735. The number of rotatable bonds is 3. The van der Waals surface area contributed by atoms with Gasteiger partial charge < -0.3 is 10.3 Å². The highest BCUT2D eigenvalue weighted by Gasteiger charge is 2.33. The topological polar surface area (TPSA) is 74.8 Å². The number of H-pyrrole nitrogens is 1. The molecule has 0 saturated carbocycles. The molecule has 2 aromatic carbocycles. The molecule has 9 heteroatoms. The molecule has 0 aliphatic heterocycles. The van der Waals surface area contributed by atoms with Crippen molar-refractivity contribution in [2.75, 3.05) is 5.32 Å². The first-order valence-corrected chi connectivity index (χ1v) is 9.31. The molecule has 0 spiro atoms. The highest BCUT2D eigenvalue weighted by atomic mass is 32.1. The SMILES string of the molecule is O=C(Nc1cccc2c(=O)cc(-c3ccccc3C(F)(F)F)[nH]c12)c1cscn1. The van der Waals surface area contributed by atoms with Crippen LogP contribution in [0.1, 0.15) is 16.1 Å². The summed E-state index contributed by atoms with van der Waals surface area (Å²) in [5, 5.41) is 4.46. The molecule has 0 atom stereocenters. The summed E-state index contributed by atoms with van der Waals surface area (Å²) >= 11 is 1.25. The number of carbonyl (C=O) groups excluding carboxylic acids is 1. The second-order valence-corrected chi connectivity index (χ2v) is 6.87. The zero-order chi connectivity index (χ0) is 20.6. The first-order valence-electron chi connectivity index (χ1n) is 8.37. The smallest absolute Gasteiger partial charge is 0.353 e. The number of carbonyl (C=O) groups is 1. The molecule has 29 heavy (non-hydrogen) atoms. The van der Waals surface area contributed by atoms with Gasteiger partial charge in [0.25, 0.3) is 5.91 Å². The molecule has 0 aliphatic rings. The molecule has 0 saturated heterocycles. The van der Waals surface area contributed by atoms with Crippen molar-refractivity contribution in [3.05, 3.63) is 80.9 Å². The number of nitrogens with zero attached hydrogens (tertiary/aromatic N) is 1. The summed E-state index contributed by atoms with van der Waals surface area (Å²) in [5.74, 6) is -0.485. The zero-order valence-corrected chi connectivity index (χ0v) is 15.4. The summed E-state index contributed by atoms with van der Waals surface area (Å²) in [6, 6.07) is 10.8. The van der Waals surface area contributed by atoms with Gasteiger partial charge in [0, 0.05) is 22.4 Å². The lowest BCUT2D eigenvalue weighted by molar-refractivity contribution is -0.137. The molecule has 0 radical (unpaired) electrons. The van der Waals surface area contributed by atoms with E-state index in [2.05, 4.69) is 15.3 Å². The Kier molecular flexibility index (Phi) is 4.67. The predicted octanol–water partition coefficient (Wildman–Crippen LogP) is 4.92. The number of halogens is 3. The van der Waals surface area contributed by atoms with Crippen LogP contribution in [-0.4, -0.2) is 15.9 Å². The van der Waals surface area contributed by atoms with E-state index in [-0.39, 0.29) is 33.5 Å². The van der Waals surface area contributed by atoms with Gasteiger partial charge in [-0.3, -0.25) is 9.59 Å². The maximum Gasteiger partial charge on any atom is 0.417 e. The van der Waals surface area contributed by atoms with E-state index >= 15 is 0 Å². The third-order valence-electron chi connectivity index (χ3n) is 4.30. The number of fused-ring (bicyclic) bond motifs is 1. The highest BCUT2D eigenvalue weighted by molar-refractivity contribution is 7.07. The Balaban J connectivity index is 1.87. The minimum Gasteiger partial charge on any atom is -0.353 e. The summed E-state index contributed by atoms with van der Waals surface area (Å²) in [4.78, 5) is 31.7.